The molecule has 1 aromatic carbocycles. The number of hydrogen-bond acceptors (Lipinski definition) is 3. The van der Waals surface area contributed by atoms with E-state index in [1.807, 2.05) is 13.0 Å². The third kappa shape index (κ3) is 2.19. The van der Waals surface area contributed by atoms with Crippen molar-refractivity contribution in [2.45, 2.75) is 19.4 Å². The number of fused-ring (bicyclic) bond motifs is 1. The van der Waals surface area contributed by atoms with Gasteiger partial charge >= 0.3 is 0 Å². The average Bonchev–Trinajstić information content (AvgIpc) is 2.40. The Bertz CT molecular complexity index is 366. The Morgan fingerprint density at radius 3 is 2.47 bits per heavy atom. The molecule has 1 unspecified atom stereocenters. The first-order chi connectivity index (χ1) is 7.18. The molecule has 1 heterocycles. The summed E-state index contributed by atoms with van der Waals surface area (Å²) in [5.41, 5.74) is 6.70. The molecule has 0 fully saturated rings. The predicted octanol–water partition coefficient (Wildman–Crippen LogP) is 2.52. The molecule has 2 N–H and O–H groups in total. The summed E-state index contributed by atoms with van der Waals surface area (Å²) in [6, 6.07) is 3.55. The molecular formula is C11H14ClNO2. The van der Waals surface area contributed by atoms with Crippen LogP contribution >= 0.6 is 11.6 Å². The van der Waals surface area contributed by atoms with Gasteiger partial charge < -0.3 is 15.2 Å². The van der Waals surface area contributed by atoms with E-state index in [9.17, 15) is 0 Å². The first-order valence-corrected chi connectivity index (χ1v) is 5.41. The van der Waals surface area contributed by atoms with Crippen LogP contribution in [0, 0.1) is 0 Å². The molecule has 4 heteroatoms. The summed E-state index contributed by atoms with van der Waals surface area (Å²) in [6.07, 6.45) is 0.889. The third-order valence-corrected chi connectivity index (χ3v) is 2.68. The normalized spacial score (nSPS) is 17.0. The van der Waals surface area contributed by atoms with E-state index < -0.39 is 0 Å². The average molecular weight is 228 g/mol. The van der Waals surface area contributed by atoms with Gasteiger partial charge in [0, 0.05) is 23.6 Å². The van der Waals surface area contributed by atoms with Gasteiger partial charge in [0.15, 0.2) is 11.5 Å². The number of halogens is 1. The molecule has 1 atom stereocenters. The highest BCUT2D eigenvalue weighted by Crippen LogP contribution is 2.36. The predicted molar refractivity (Wildman–Crippen MR) is 59.7 cm³/mol. The fourth-order valence-electron chi connectivity index (χ4n) is 1.55. The Kier molecular flexibility index (Phi) is 3.03. The molecule has 1 aliphatic heterocycles. The van der Waals surface area contributed by atoms with E-state index in [4.69, 9.17) is 26.8 Å². The third-order valence-electron chi connectivity index (χ3n) is 2.36. The van der Waals surface area contributed by atoms with Crippen molar-refractivity contribution in [2.24, 2.45) is 5.73 Å². The van der Waals surface area contributed by atoms with Crippen molar-refractivity contribution in [1.82, 2.24) is 0 Å². The van der Waals surface area contributed by atoms with Gasteiger partial charge in [-0.05, 0) is 18.6 Å². The zero-order valence-electron chi connectivity index (χ0n) is 8.63. The van der Waals surface area contributed by atoms with Crippen LogP contribution in [0.5, 0.6) is 11.5 Å². The molecule has 3 nitrogen and oxygen atoms in total. The van der Waals surface area contributed by atoms with E-state index in [2.05, 4.69) is 0 Å². The Balaban J connectivity index is 2.42. The van der Waals surface area contributed by atoms with Crippen molar-refractivity contribution < 1.29 is 9.47 Å². The van der Waals surface area contributed by atoms with E-state index in [-0.39, 0.29) is 6.04 Å². The molecule has 2 rings (SSSR count). The van der Waals surface area contributed by atoms with Gasteiger partial charge in [-0.2, -0.15) is 0 Å². The second-order valence-electron chi connectivity index (χ2n) is 3.66. The van der Waals surface area contributed by atoms with Crippen LogP contribution in [0.2, 0.25) is 5.02 Å². The molecule has 0 radical (unpaired) electrons. The zero-order chi connectivity index (χ0) is 10.8. The second-order valence-corrected chi connectivity index (χ2v) is 4.07. The number of ether oxygens (including phenoxy) is 2. The maximum Gasteiger partial charge on any atom is 0.162 e. The van der Waals surface area contributed by atoms with Gasteiger partial charge in [0.1, 0.15) is 0 Å². The lowest BCUT2D eigenvalue weighted by molar-refractivity contribution is 0.297. The smallest absolute Gasteiger partial charge is 0.162 e. The molecule has 0 aliphatic carbocycles. The molecule has 1 aliphatic rings. The summed E-state index contributed by atoms with van der Waals surface area (Å²) in [4.78, 5) is 0. The van der Waals surface area contributed by atoms with Crippen LogP contribution in [-0.4, -0.2) is 13.2 Å². The summed E-state index contributed by atoms with van der Waals surface area (Å²) >= 11 is 6.09. The fraction of sp³-hybridized carbons (Fsp3) is 0.455. The van der Waals surface area contributed by atoms with Gasteiger partial charge in [-0.15, -0.1) is 0 Å². The molecule has 0 amide bonds. The Labute approximate surface area is 94.1 Å². The molecule has 0 saturated carbocycles. The van der Waals surface area contributed by atoms with Gasteiger partial charge in [-0.25, -0.2) is 0 Å². The van der Waals surface area contributed by atoms with Crippen LogP contribution in [0.15, 0.2) is 12.1 Å². The summed E-state index contributed by atoms with van der Waals surface area (Å²) in [5.74, 6) is 1.45. The van der Waals surface area contributed by atoms with Crippen molar-refractivity contribution >= 4 is 11.6 Å². The van der Waals surface area contributed by atoms with E-state index in [0.717, 1.165) is 17.7 Å². The molecule has 82 valence electrons. The Morgan fingerprint density at radius 1 is 1.27 bits per heavy atom. The van der Waals surface area contributed by atoms with Gasteiger partial charge in [0.2, 0.25) is 0 Å². The molecular weight excluding hydrogens is 214 g/mol. The van der Waals surface area contributed by atoms with Crippen LogP contribution in [0.25, 0.3) is 0 Å². The van der Waals surface area contributed by atoms with Crippen molar-refractivity contribution in [3.05, 3.63) is 22.7 Å². The van der Waals surface area contributed by atoms with E-state index in [1.54, 1.807) is 6.07 Å². The van der Waals surface area contributed by atoms with Crippen molar-refractivity contribution in [3.8, 4) is 11.5 Å². The molecule has 0 spiro atoms. The van der Waals surface area contributed by atoms with Gasteiger partial charge in [-0.1, -0.05) is 11.6 Å². The monoisotopic (exact) mass is 227 g/mol. The maximum atomic E-state index is 6.09. The minimum atomic E-state index is -0.102. The van der Waals surface area contributed by atoms with Crippen molar-refractivity contribution in [3.63, 3.8) is 0 Å². The Hall–Kier alpha value is -0.930. The Morgan fingerprint density at radius 2 is 1.87 bits per heavy atom. The molecule has 0 bridgehead atoms. The van der Waals surface area contributed by atoms with E-state index in [0.29, 0.717) is 24.0 Å². The maximum absolute atomic E-state index is 6.09. The highest BCUT2D eigenvalue weighted by Gasteiger charge is 2.15. The lowest BCUT2D eigenvalue weighted by Gasteiger charge is -2.13. The SMILES string of the molecule is CC(N)c1cc2c(cc1Cl)OCCCO2. The number of nitrogens with two attached hydrogens (primary N) is 1. The van der Waals surface area contributed by atoms with Gasteiger partial charge in [0.05, 0.1) is 13.2 Å². The van der Waals surface area contributed by atoms with E-state index >= 15 is 0 Å². The second kappa shape index (κ2) is 4.29. The lowest BCUT2D eigenvalue weighted by Crippen LogP contribution is -2.06. The number of benzene rings is 1. The number of rotatable bonds is 1. The van der Waals surface area contributed by atoms with Crippen LogP contribution in [-0.2, 0) is 0 Å². The summed E-state index contributed by atoms with van der Waals surface area (Å²) < 4.78 is 11.1. The first kappa shape index (κ1) is 10.6. The zero-order valence-corrected chi connectivity index (χ0v) is 9.38. The first-order valence-electron chi connectivity index (χ1n) is 5.03. The van der Waals surface area contributed by atoms with Crippen molar-refractivity contribution in [1.29, 1.82) is 0 Å². The van der Waals surface area contributed by atoms with Crippen LogP contribution in [0.3, 0.4) is 0 Å². The quantitative estimate of drug-likeness (QED) is 0.802. The summed E-state index contributed by atoms with van der Waals surface area (Å²) in [6.45, 7) is 3.24. The largest absolute Gasteiger partial charge is 0.490 e. The molecule has 0 aromatic heterocycles. The highest BCUT2D eigenvalue weighted by atomic mass is 35.5. The number of hydrogen-bond donors (Lipinski definition) is 1. The van der Waals surface area contributed by atoms with Crippen LogP contribution in [0.1, 0.15) is 24.9 Å². The minimum Gasteiger partial charge on any atom is -0.490 e. The molecule has 1 aromatic rings. The topological polar surface area (TPSA) is 44.5 Å². The summed E-state index contributed by atoms with van der Waals surface area (Å²) in [7, 11) is 0. The molecule has 15 heavy (non-hydrogen) atoms. The lowest BCUT2D eigenvalue weighted by atomic mass is 10.1. The fourth-order valence-corrected chi connectivity index (χ4v) is 1.87. The minimum absolute atomic E-state index is 0.102. The van der Waals surface area contributed by atoms with Gasteiger partial charge in [-0.3, -0.25) is 0 Å². The van der Waals surface area contributed by atoms with Crippen LogP contribution in [0.4, 0.5) is 0 Å². The molecule has 0 saturated heterocycles. The van der Waals surface area contributed by atoms with Crippen molar-refractivity contribution in [2.75, 3.05) is 13.2 Å². The van der Waals surface area contributed by atoms with E-state index in [1.165, 1.54) is 0 Å². The summed E-state index contributed by atoms with van der Waals surface area (Å²) in [5, 5.41) is 0.634. The standard InChI is InChI=1S/C11H14ClNO2/c1-7(13)8-5-10-11(6-9(8)12)15-4-2-3-14-10/h5-7H,2-4,13H2,1H3. The van der Waals surface area contributed by atoms with Gasteiger partial charge in [0.25, 0.3) is 0 Å². The van der Waals surface area contributed by atoms with Crippen LogP contribution < -0.4 is 15.2 Å². The highest BCUT2D eigenvalue weighted by molar-refractivity contribution is 6.31.